The number of rotatable bonds is 16. The van der Waals surface area contributed by atoms with Crippen LogP contribution < -0.4 is 9.46 Å². The molecule has 0 unspecified atom stereocenters. The van der Waals surface area contributed by atoms with Crippen LogP contribution in [0.4, 0.5) is 0 Å². The Labute approximate surface area is 172 Å². The van der Waals surface area contributed by atoms with Gasteiger partial charge in [0.2, 0.25) is 6.33 Å². The van der Waals surface area contributed by atoms with Gasteiger partial charge < -0.3 is 13.9 Å². The largest absolute Gasteiger partial charge is 0.756 e. The van der Waals surface area contributed by atoms with Crippen molar-refractivity contribution in [1.82, 2.24) is 4.57 Å². The number of imidazole rings is 1. The van der Waals surface area contributed by atoms with Crippen LogP contribution in [-0.2, 0) is 26.7 Å². The summed E-state index contributed by atoms with van der Waals surface area (Å²) in [7, 11) is -3.98. The van der Waals surface area contributed by atoms with Crippen LogP contribution in [0.25, 0.3) is 0 Å². The number of phosphoric ester groups is 1. The molecule has 0 aromatic carbocycles. The van der Waals surface area contributed by atoms with Gasteiger partial charge in [-0.15, -0.1) is 0 Å². The molecule has 0 aliphatic rings. The Morgan fingerprint density at radius 2 is 1.39 bits per heavy atom. The van der Waals surface area contributed by atoms with Crippen molar-refractivity contribution in [2.24, 2.45) is 0 Å². The average Bonchev–Trinajstić information content (AvgIpc) is 3.15. The molecule has 0 atom stereocenters. The Kier molecular flexibility index (Phi) is 17.9. The zero-order valence-electron chi connectivity index (χ0n) is 18.6. The van der Waals surface area contributed by atoms with Crippen LogP contribution in [0.2, 0.25) is 0 Å². The molecule has 0 saturated carbocycles. The topological polar surface area (TPSA) is 67.4 Å². The minimum Gasteiger partial charge on any atom is -0.756 e. The van der Waals surface area contributed by atoms with Gasteiger partial charge in [0.05, 0.1) is 26.3 Å². The maximum atomic E-state index is 10.7. The van der Waals surface area contributed by atoms with Gasteiger partial charge >= 0.3 is 0 Å². The highest BCUT2D eigenvalue weighted by molar-refractivity contribution is 7.45. The highest BCUT2D eigenvalue weighted by Crippen LogP contribution is 2.38. The van der Waals surface area contributed by atoms with Crippen molar-refractivity contribution in [3.63, 3.8) is 0 Å². The first-order valence-electron chi connectivity index (χ1n) is 11.1. The Morgan fingerprint density at radius 1 is 0.857 bits per heavy atom. The van der Waals surface area contributed by atoms with E-state index in [1.54, 1.807) is 0 Å². The summed E-state index contributed by atoms with van der Waals surface area (Å²) >= 11 is 0. The Bertz CT molecular complexity index is 496. The van der Waals surface area contributed by atoms with Gasteiger partial charge in [0.1, 0.15) is 12.4 Å². The molecule has 6 nitrogen and oxygen atoms in total. The molecule has 0 aliphatic carbocycles. The average molecular weight is 419 g/mol. The first-order chi connectivity index (χ1) is 13.5. The van der Waals surface area contributed by atoms with Crippen molar-refractivity contribution in [2.75, 3.05) is 13.2 Å². The minimum atomic E-state index is -3.98. The van der Waals surface area contributed by atoms with Crippen molar-refractivity contribution in [3.8, 4) is 0 Å². The van der Waals surface area contributed by atoms with E-state index in [9.17, 15) is 9.46 Å². The Balaban J connectivity index is 0.000000576. The normalized spacial score (nSPS) is 11.3. The van der Waals surface area contributed by atoms with Gasteiger partial charge in [-0.3, -0.25) is 4.57 Å². The molecule has 1 rings (SSSR count). The molecule has 1 aromatic heterocycles. The molecule has 0 N–H and O–H groups in total. The molecule has 1 aromatic rings. The summed E-state index contributed by atoms with van der Waals surface area (Å²) < 4.78 is 24.2. The third kappa shape index (κ3) is 16.3. The lowest BCUT2D eigenvalue weighted by Gasteiger charge is -2.21. The summed E-state index contributed by atoms with van der Waals surface area (Å²) in [4.78, 5) is 10.7. The SMILES string of the molecule is CCCCCCCCCC[n+]1ccn(CC)c1.CCCOP(=O)([O-])OCCC. The smallest absolute Gasteiger partial charge is 0.267 e. The van der Waals surface area contributed by atoms with Crippen molar-refractivity contribution in [2.45, 2.75) is 105 Å². The first-order valence-corrected chi connectivity index (χ1v) is 12.6. The fourth-order valence-electron chi connectivity index (χ4n) is 2.63. The van der Waals surface area contributed by atoms with Crippen molar-refractivity contribution >= 4 is 7.82 Å². The fourth-order valence-corrected chi connectivity index (χ4v) is 3.52. The lowest BCUT2D eigenvalue weighted by Crippen LogP contribution is -2.30. The third-order valence-corrected chi connectivity index (χ3v) is 5.29. The lowest BCUT2D eigenvalue weighted by molar-refractivity contribution is -0.696. The quantitative estimate of drug-likeness (QED) is 0.209. The third-order valence-electron chi connectivity index (χ3n) is 4.29. The Hall–Kier alpha value is -0.680. The maximum absolute atomic E-state index is 10.7. The van der Waals surface area contributed by atoms with Crippen molar-refractivity contribution in [1.29, 1.82) is 0 Å². The number of aryl methyl sites for hydroxylation is 2. The number of nitrogens with zero attached hydrogens (tertiary/aromatic N) is 2. The molecule has 0 aliphatic heterocycles. The van der Waals surface area contributed by atoms with Crippen LogP contribution in [0.3, 0.4) is 0 Å². The van der Waals surface area contributed by atoms with Gasteiger partial charge in [0.25, 0.3) is 7.82 Å². The molecule has 0 saturated heterocycles. The van der Waals surface area contributed by atoms with E-state index in [0.29, 0.717) is 12.8 Å². The molecule has 0 radical (unpaired) electrons. The van der Waals surface area contributed by atoms with Crippen LogP contribution >= 0.6 is 7.82 Å². The molecular weight excluding hydrogens is 375 g/mol. The summed E-state index contributed by atoms with van der Waals surface area (Å²) in [5.41, 5.74) is 0. The summed E-state index contributed by atoms with van der Waals surface area (Å²) in [5, 5.41) is 0. The number of aromatic nitrogens is 2. The molecule has 166 valence electrons. The van der Waals surface area contributed by atoms with Crippen LogP contribution in [0.5, 0.6) is 0 Å². The molecule has 0 spiro atoms. The van der Waals surface area contributed by atoms with Crippen LogP contribution in [-0.4, -0.2) is 17.8 Å². The summed E-state index contributed by atoms with van der Waals surface area (Å²) in [6.45, 7) is 10.8. The van der Waals surface area contributed by atoms with Gasteiger partial charge in [-0.05, 0) is 32.6 Å². The van der Waals surface area contributed by atoms with E-state index >= 15 is 0 Å². The second-order valence-electron chi connectivity index (χ2n) is 7.07. The predicted molar refractivity (Wildman–Crippen MR) is 113 cm³/mol. The molecule has 7 heteroatoms. The van der Waals surface area contributed by atoms with Gasteiger partial charge in [-0.25, -0.2) is 9.13 Å². The summed E-state index contributed by atoms with van der Waals surface area (Å²) in [6, 6.07) is 0. The highest BCUT2D eigenvalue weighted by atomic mass is 31.2. The van der Waals surface area contributed by atoms with Crippen LogP contribution in [0, 0.1) is 0 Å². The van der Waals surface area contributed by atoms with E-state index in [-0.39, 0.29) is 13.2 Å². The number of hydrogen-bond acceptors (Lipinski definition) is 4. The van der Waals surface area contributed by atoms with Crippen molar-refractivity contribution in [3.05, 3.63) is 18.7 Å². The summed E-state index contributed by atoms with van der Waals surface area (Å²) in [5.74, 6) is 0. The minimum absolute atomic E-state index is 0.199. The number of hydrogen-bond donors (Lipinski definition) is 0. The van der Waals surface area contributed by atoms with E-state index in [4.69, 9.17) is 0 Å². The summed E-state index contributed by atoms with van der Waals surface area (Å²) in [6.07, 6.45) is 19.1. The Morgan fingerprint density at radius 3 is 1.86 bits per heavy atom. The number of phosphoric acid groups is 1. The van der Waals surface area contributed by atoms with Gasteiger partial charge in [0, 0.05) is 0 Å². The standard InChI is InChI=1S/C15H29N2.C6H15O4P/c1-3-5-6-7-8-9-10-11-12-17-14-13-16(4-2)15-17;1-3-5-9-11(7,8)10-6-4-2/h13-15H,3-12H2,1-2H3;3-6H2,1-2H3,(H,7,8)/q+1;/p-1. The monoisotopic (exact) mass is 418 g/mol. The molecular formula is C21H43N2O4P. The molecule has 1 heterocycles. The predicted octanol–water partition coefficient (Wildman–Crippen LogP) is 5.24. The molecule has 0 amide bonds. The van der Waals surface area contributed by atoms with E-state index in [1.807, 2.05) is 13.8 Å². The van der Waals surface area contributed by atoms with E-state index in [2.05, 4.69) is 50.8 Å². The fraction of sp³-hybridized carbons (Fsp3) is 0.857. The second-order valence-corrected chi connectivity index (χ2v) is 8.48. The van der Waals surface area contributed by atoms with Crippen LogP contribution in [0.15, 0.2) is 18.7 Å². The molecule has 0 bridgehead atoms. The first kappa shape index (κ1) is 27.3. The van der Waals surface area contributed by atoms with E-state index in [1.165, 1.54) is 57.9 Å². The molecule has 0 fully saturated rings. The lowest BCUT2D eigenvalue weighted by atomic mass is 10.1. The van der Waals surface area contributed by atoms with Crippen molar-refractivity contribution < 1.29 is 23.1 Å². The zero-order valence-corrected chi connectivity index (χ0v) is 19.5. The zero-order chi connectivity index (χ0) is 21.1. The van der Waals surface area contributed by atoms with Gasteiger partial charge in [-0.1, -0.05) is 59.3 Å². The highest BCUT2D eigenvalue weighted by Gasteiger charge is 2.06. The maximum Gasteiger partial charge on any atom is 0.267 e. The van der Waals surface area contributed by atoms with Crippen LogP contribution in [0.1, 0.15) is 91.9 Å². The molecule has 28 heavy (non-hydrogen) atoms. The van der Waals surface area contributed by atoms with Gasteiger partial charge in [-0.2, -0.15) is 0 Å². The van der Waals surface area contributed by atoms with Gasteiger partial charge in [0.15, 0.2) is 0 Å². The number of unbranched alkanes of at least 4 members (excludes halogenated alkanes) is 7. The van der Waals surface area contributed by atoms with E-state index < -0.39 is 7.82 Å². The second kappa shape index (κ2) is 18.4. The van der Waals surface area contributed by atoms with E-state index in [0.717, 1.165) is 6.54 Å².